The van der Waals surface area contributed by atoms with Crippen molar-refractivity contribution in [3.8, 4) is 0 Å². The van der Waals surface area contributed by atoms with Crippen LogP contribution in [0.5, 0.6) is 0 Å². The molecule has 0 spiro atoms. The number of hydrogen-bond acceptors (Lipinski definition) is 2. The maximum atomic E-state index is 10.1. The van der Waals surface area contributed by atoms with Crippen LogP contribution in [0.3, 0.4) is 0 Å². The Labute approximate surface area is 112 Å². The van der Waals surface area contributed by atoms with Crippen LogP contribution in [-0.2, 0) is 19.4 Å². The van der Waals surface area contributed by atoms with E-state index in [1.54, 1.807) is 0 Å². The number of hydrogen-bond donors (Lipinski definition) is 1. The molecule has 0 saturated carbocycles. The van der Waals surface area contributed by atoms with E-state index in [0.29, 0.717) is 12.3 Å². The lowest BCUT2D eigenvalue weighted by Gasteiger charge is -2.17. The fraction of sp³-hybridized carbons (Fsp3) is 0.769. The summed E-state index contributed by atoms with van der Waals surface area (Å²) in [5, 5.41) is 14.7. The standard InChI is InChI=1S/C13H23BrN2O/c1-5-9(4)12(17)8-11-13(14)10(6-2)15-16(11)7-3/h9,12,17H,5-8H2,1-4H3. The van der Waals surface area contributed by atoms with Crippen molar-refractivity contribution in [2.75, 3.05) is 0 Å². The summed E-state index contributed by atoms with van der Waals surface area (Å²) in [5.74, 6) is 0.326. The predicted molar refractivity (Wildman–Crippen MR) is 74.1 cm³/mol. The van der Waals surface area contributed by atoms with Gasteiger partial charge in [-0.05, 0) is 35.2 Å². The summed E-state index contributed by atoms with van der Waals surface area (Å²) in [6.07, 6.45) is 2.30. The van der Waals surface area contributed by atoms with Gasteiger partial charge in [0.2, 0.25) is 0 Å². The van der Waals surface area contributed by atoms with Gasteiger partial charge in [-0.3, -0.25) is 4.68 Å². The van der Waals surface area contributed by atoms with Gasteiger partial charge in [-0.2, -0.15) is 5.10 Å². The number of aryl methyl sites for hydroxylation is 2. The van der Waals surface area contributed by atoms with Crippen LogP contribution >= 0.6 is 15.9 Å². The van der Waals surface area contributed by atoms with Gasteiger partial charge in [0.05, 0.1) is 22.0 Å². The summed E-state index contributed by atoms with van der Waals surface area (Å²) < 4.78 is 3.07. The molecule has 3 nitrogen and oxygen atoms in total. The second-order valence-corrected chi connectivity index (χ2v) is 5.33. The van der Waals surface area contributed by atoms with Crippen molar-refractivity contribution in [3.05, 3.63) is 15.9 Å². The van der Waals surface area contributed by atoms with Crippen molar-refractivity contribution in [1.29, 1.82) is 0 Å². The topological polar surface area (TPSA) is 38.0 Å². The molecule has 1 rings (SSSR count). The molecule has 1 N–H and O–H groups in total. The SMILES string of the molecule is CCc1nn(CC)c(CC(O)C(C)CC)c1Br. The zero-order valence-electron chi connectivity index (χ0n) is 11.2. The fourth-order valence-corrected chi connectivity index (χ4v) is 2.61. The first-order valence-electron chi connectivity index (χ1n) is 6.47. The van der Waals surface area contributed by atoms with E-state index in [2.05, 4.69) is 48.7 Å². The highest BCUT2D eigenvalue weighted by atomic mass is 79.9. The molecule has 0 bridgehead atoms. The maximum absolute atomic E-state index is 10.1. The molecule has 0 amide bonds. The number of nitrogens with zero attached hydrogens (tertiary/aromatic N) is 2. The first-order chi connectivity index (χ1) is 8.04. The summed E-state index contributed by atoms with van der Waals surface area (Å²) in [7, 11) is 0. The first kappa shape index (κ1) is 14.7. The quantitative estimate of drug-likeness (QED) is 0.876. The molecule has 0 aliphatic carbocycles. The lowest BCUT2D eigenvalue weighted by Crippen LogP contribution is -2.21. The zero-order valence-corrected chi connectivity index (χ0v) is 12.8. The van der Waals surface area contributed by atoms with Crippen LogP contribution in [0, 0.1) is 5.92 Å². The minimum absolute atomic E-state index is 0.289. The molecule has 0 aromatic carbocycles. The molecule has 0 radical (unpaired) electrons. The fourth-order valence-electron chi connectivity index (χ4n) is 1.88. The van der Waals surface area contributed by atoms with Crippen LogP contribution in [0.2, 0.25) is 0 Å². The minimum atomic E-state index is -0.289. The number of aromatic nitrogens is 2. The van der Waals surface area contributed by atoms with Gasteiger partial charge in [-0.25, -0.2) is 0 Å². The monoisotopic (exact) mass is 302 g/mol. The summed E-state index contributed by atoms with van der Waals surface area (Å²) in [6, 6.07) is 0. The highest BCUT2D eigenvalue weighted by Crippen LogP contribution is 2.25. The average molecular weight is 303 g/mol. The number of aliphatic hydroxyl groups is 1. The van der Waals surface area contributed by atoms with Gasteiger partial charge in [0.15, 0.2) is 0 Å². The third kappa shape index (κ3) is 3.32. The Balaban J connectivity index is 2.92. The zero-order chi connectivity index (χ0) is 13.0. The Morgan fingerprint density at radius 1 is 1.35 bits per heavy atom. The van der Waals surface area contributed by atoms with Crippen LogP contribution in [0.1, 0.15) is 45.5 Å². The van der Waals surface area contributed by atoms with Crippen LogP contribution < -0.4 is 0 Å². The molecular formula is C13H23BrN2O. The van der Waals surface area contributed by atoms with Gasteiger partial charge in [-0.15, -0.1) is 0 Å². The van der Waals surface area contributed by atoms with Crippen molar-refractivity contribution < 1.29 is 5.11 Å². The third-order valence-electron chi connectivity index (χ3n) is 3.40. The van der Waals surface area contributed by atoms with Crippen LogP contribution in [-0.4, -0.2) is 21.0 Å². The summed E-state index contributed by atoms with van der Waals surface area (Å²) >= 11 is 3.61. The highest BCUT2D eigenvalue weighted by molar-refractivity contribution is 9.10. The molecule has 2 unspecified atom stereocenters. The van der Waals surface area contributed by atoms with E-state index >= 15 is 0 Å². The summed E-state index contributed by atoms with van der Waals surface area (Å²) in [4.78, 5) is 0. The van der Waals surface area contributed by atoms with E-state index < -0.39 is 0 Å². The van der Waals surface area contributed by atoms with Crippen molar-refractivity contribution in [2.24, 2.45) is 5.92 Å². The maximum Gasteiger partial charge on any atom is 0.0766 e. The summed E-state index contributed by atoms with van der Waals surface area (Å²) in [6.45, 7) is 9.23. The van der Waals surface area contributed by atoms with Gasteiger partial charge in [0, 0.05) is 13.0 Å². The Bertz CT molecular complexity index is 363. The van der Waals surface area contributed by atoms with Gasteiger partial charge in [-0.1, -0.05) is 27.2 Å². The number of aliphatic hydroxyl groups excluding tert-OH is 1. The van der Waals surface area contributed by atoms with Gasteiger partial charge in [0.25, 0.3) is 0 Å². The normalized spacial score (nSPS) is 14.9. The lowest BCUT2D eigenvalue weighted by molar-refractivity contribution is 0.112. The second-order valence-electron chi connectivity index (χ2n) is 4.53. The molecule has 0 fully saturated rings. The van der Waals surface area contributed by atoms with Crippen molar-refractivity contribution in [3.63, 3.8) is 0 Å². The molecule has 4 heteroatoms. The third-order valence-corrected chi connectivity index (χ3v) is 4.31. The van der Waals surface area contributed by atoms with E-state index in [-0.39, 0.29) is 6.10 Å². The number of halogens is 1. The molecule has 1 aromatic heterocycles. The van der Waals surface area contributed by atoms with E-state index in [4.69, 9.17) is 0 Å². The van der Waals surface area contributed by atoms with Crippen molar-refractivity contribution in [1.82, 2.24) is 9.78 Å². The number of rotatable bonds is 6. The van der Waals surface area contributed by atoms with Crippen molar-refractivity contribution >= 4 is 15.9 Å². The Kier molecular flexibility index (Phi) is 5.67. The molecule has 98 valence electrons. The van der Waals surface area contributed by atoms with Crippen LogP contribution in [0.4, 0.5) is 0 Å². The lowest BCUT2D eigenvalue weighted by atomic mass is 9.98. The molecule has 1 heterocycles. The van der Waals surface area contributed by atoms with E-state index in [1.165, 1.54) is 0 Å². The molecular weight excluding hydrogens is 280 g/mol. The molecule has 0 aliphatic rings. The predicted octanol–water partition coefficient (Wildman–Crippen LogP) is 3.18. The Morgan fingerprint density at radius 2 is 2.00 bits per heavy atom. The van der Waals surface area contributed by atoms with Crippen molar-refractivity contribution in [2.45, 2.75) is 59.6 Å². The van der Waals surface area contributed by atoms with Gasteiger partial charge < -0.3 is 5.11 Å². The van der Waals surface area contributed by atoms with Gasteiger partial charge in [0.1, 0.15) is 0 Å². The van der Waals surface area contributed by atoms with E-state index in [0.717, 1.165) is 35.2 Å². The molecule has 17 heavy (non-hydrogen) atoms. The molecule has 0 aliphatic heterocycles. The second kappa shape index (κ2) is 6.55. The van der Waals surface area contributed by atoms with Crippen LogP contribution in [0.15, 0.2) is 4.47 Å². The molecule has 0 saturated heterocycles. The smallest absolute Gasteiger partial charge is 0.0766 e. The Morgan fingerprint density at radius 3 is 2.47 bits per heavy atom. The highest BCUT2D eigenvalue weighted by Gasteiger charge is 2.20. The average Bonchev–Trinajstić information content (AvgIpc) is 2.65. The minimum Gasteiger partial charge on any atom is -0.392 e. The van der Waals surface area contributed by atoms with E-state index in [1.807, 2.05) is 4.68 Å². The largest absolute Gasteiger partial charge is 0.392 e. The van der Waals surface area contributed by atoms with Crippen LogP contribution in [0.25, 0.3) is 0 Å². The molecule has 1 aromatic rings. The summed E-state index contributed by atoms with van der Waals surface area (Å²) in [5.41, 5.74) is 2.20. The van der Waals surface area contributed by atoms with Gasteiger partial charge >= 0.3 is 0 Å². The first-order valence-corrected chi connectivity index (χ1v) is 7.26. The molecule has 2 atom stereocenters. The van der Waals surface area contributed by atoms with E-state index in [9.17, 15) is 5.11 Å². The Hall–Kier alpha value is -0.350.